The van der Waals surface area contributed by atoms with Crippen LogP contribution in [0.25, 0.3) is 0 Å². The van der Waals surface area contributed by atoms with E-state index in [1.165, 1.54) is 7.11 Å². The molecular weight excluding hydrogens is 222 g/mol. The zero-order chi connectivity index (χ0) is 13.0. The summed E-state index contributed by atoms with van der Waals surface area (Å²) in [5, 5.41) is 3.12. The normalized spacial score (nSPS) is 25.0. The van der Waals surface area contributed by atoms with Gasteiger partial charge in [-0.1, -0.05) is 6.92 Å². The van der Waals surface area contributed by atoms with Gasteiger partial charge in [-0.05, 0) is 6.92 Å². The molecule has 1 saturated heterocycles. The monoisotopic (exact) mass is 243 g/mol. The molecule has 0 aromatic heterocycles. The minimum Gasteiger partial charge on any atom is -0.469 e. The lowest BCUT2D eigenvalue weighted by Gasteiger charge is -2.40. The Balaban J connectivity index is 2.74. The molecular formula is C11H21N3O3. The quantitative estimate of drug-likeness (QED) is 0.615. The molecule has 0 spiro atoms. The molecule has 1 aliphatic heterocycles. The highest BCUT2D eigenvalue weighted by molar-refractivity contribution is 5.80. The Hall–Kier alpha value is -1.14. The van der Waals surface area contributed by atoms with Crippen molar-refractivity contribution >= 4 is 11.9 Å². The molecule has 3 N–H and O–H groups in total. The van der Waals surface area contributed by atoms with Gasteiger partial charge in [-0.3, -0.25) is 14.5 Å². The number of nitrogens with zero attached hydrogens (tertiary/aromatic N) is 1. The van der Waals surface area contributed by atoms with Crippen molar-refractivity contribution in [3.05, 3.63) is 0 Å². The molecule has 1 rings (SSSR count). The number of amides is 1. The predicted octanol–water partition coefficient (Wildman–Crippen LogP) is -1.06. The lowest BCUT2D eigenvalue weighted by Crippen LogP contribution is -2.61. The molecule has 0 aromatic rings. The van der Waals surface area contributed by atoms with Crippen molar-refractivity contribution in [2.75, 3.05) is 26.7 Å². The fourth-order valence-corrected chi connectivity index (χ4v) is 2.14. The van der Waals surface area contributed by atoms with Gasteiger partial charge in [0.15, 0.2) is 0 Å². The van der Waals surface area contributed by atoms with Crippen LogP contribution in [0.15, 0.2) is 0 Å². The van der Waals surface area contributed by atoms with Crippen LogP contribution < -0.4 is 11.1 Å². The van der Waals surface area contributed by atoms with Crippen molar-refractivity contribution in [3.63, 3.8) is 0 Å². The summed E-state index contributed by atoms with van der Waals surface area (Å²) in [6.45, 7) is 5.76. The summed E-state index contributed by atoms with van der Waals surface area (Å²) in [5.41, 5.74) is 5.37. The number of esters is 1. The van der Waals surface area contributed by atoms with Crippen LogP contribution in [-0.4, -0.2) is 55.6 Å². The standard InChI is InChI=1S/C11H21N3O3/c1-7(11(16)17-3)8(2)14-5-4-13-6-9(14)10(12)15/h7-9,13H,4-6H2,1-3H3,(H2,12,15). The van der Waals surface area contributed by atoms with E-state index in [9.17, 15) is 9.59 Å². The number of ether oxygens (including phenoxy) is 1. The van der Waals surface area contributed by atoms with Gasteiger partial charge in [0.2, 0.25) is 5.91 Å². The van der Waals surface area contributed by atoms with Crippen LogP contribution in [0.5, 0.6) is 0 Å². The number of methoxy groups -OCH3 is 1. The number of primary amides is 1. The maximum atomic E-state index is 11.5. The van der Waals surface area contributed by atoms with Crippen LogP contribution in [0.2, 0.25) is 0 Å². The van der Waals surface area contributed by atoms with Gasteiger partial charge in [-0.25, -0.2) is 0 Å². The fraction of sp³-hybridized carbons (Fsp3) is 0.818. The molecule has 98 valence electrons. The van der Waals surface area contributed by atoms with Gasteiger partial charge in [0.05, 0.1) is 13.0 Å². The number of nitrogens with one attached hydrogen (secondary N) is 1. The Morgan fingerprint density at radius 2 is 2.12 bits per heavy atom. The molecule has 0 bridgehead atoms. The third-order valence-electron chi connectivity index (χ3n) is 3.43. The second-order valence-corrected chi connectivity index (χ2v) is 4.41. The first-order chi connectivity index (χ1) is 7.99. The van der Waals surface area contributed by atoms with E-state index in [0.717, 1.165) is 6.54 Å². The Bertz CT molecular complexity index is 296. The molecule has 0 aromatic carbocycles. The van der Waals surface area contributed by atoms with Crippen LogP contribution in [0.4, 0.5) is 0 Å². The summed E-state index contributed by atoms with van der Waals surface area (Å²) in [6, 6.07) is -0.423. The molecule has 0 radical (unpaired) electrons. The third kappa shape index (κ3) is 3.17. The number of rotatable bonds is 4. The Kier molecular flexibility index (Phi) is 4.89. The lowest BCUT2D eigenvalue weighted by molar-refractivity contribution is -0.148. The molecule has 1 heterocycles. The molecule has 6 nitrogen and oxygen atoms in total. The van der Waals surface area contributed by atoms with Crippen molar-refractivity contribution < 1.29 is 14.3 Å². The molecule has 0 saturated carbocycles. The third-order valence-corrected chi connectivity index (χ3v) is 3.43. The second-order valence-electron chi connectivity index (χ2n) is 4.41. The first kappa shape index (κ1) is 13.9. The summed E-state index contributed by atoms with van der Waals surface area (Å²) >= 11 is 0. The van der Waals surface area contributed by atoms with E-state index in [-0.39, 0.29) is 29.9 Å². The van der Waals surface area contributed by atoms with Crippen molar-refractivity contribution in [1.82, 2.24) is 10.2 Å². The average Bonchev–Trinajstić information content (AvgIpc) is 2.35. The van der Waals surface area contributed by atoms with E-state index in [1.807, 2.05) is 11.8 Å². The van der Waals surface area contributed by atoms with Gasteiger partial charge in [-0.2, -0.15) is 0 Å². The van der Waals surface area contributed by atoms with E-state index >= 15 is 0 Å². The molecule has 3 atom stereocenters. The topological polar surface area (TPSA) is 84.7 Å². The van der Waals surface area contributed by atoms with Gasteiger partial charge in [0.25, 0.3) is 0 Å². The van der Waals surface area contributed by atoms with E-state index in [0.29, 0.717) is 13.1 Å². The zero-order valence-corrected chi connectivity index (χ0v) is 10.6. The van der Waals surface area contributed by atoms with Crippen LogP contribution in [0.1, 0.15) is 13.8 Å². The molecule has 0 aliphatic carbocycles. The number of hydrogen-bond acceptors (Lipinski definition) is 5. The largest absolute Gasteiger partial charge is 0.469 e. The van der Waals surface area contributed by atoms with E-state index in [1.54, 1.807) is 6.92 Å². The first-order valence-electron chi connectivity index (χ1n) is 5.82. The summed E-state index contributed by atoms with van der Waals surface area (Å²) < 4.78 is 4.72. The molecule has 1 fully saturated rings. The van der Waals surface area contributed by atoms with Crippen LogP contribution in [0, 0.1) is 5.92 Å². The van der Waals surface area contributed by atoms with Gasteiger partial charge in [-0.15, -0.1) is 0 Å². The van der Waals surface area contributed by atoms with E-state index < -0.39 is 0 Å². The highest BCUT2D eigenvalue weighted by atomic mass is 16.5. The first-order valence-corrected chi connectivity index (χ1v) is 5.82. The number of carbonyl (C=O) groups excluding carboxylic acids is 2. The highest BCUT2D eigenvalue weighted by Gasteiger charge is 2.34. The van der Waals surface area contributed by atoms with Crippen molar-refractivity contribution in [1.29, 1.82) is 0 Å². The Morgan fingerprint density at radius 1 is 1.47 bits per heavy atom. The Labute approximate surface area is 101 Å². The van der Waals surface area contributed by atoms with E-state index in [4.69, 9.17) is 10.5 Å². The second kappa shape index (κ2) is 5.97. The van der Waals surface area contributed by atoms with Crippen molar-refractivity contribution in [3.8, 4) is 0 Å². The maximum Gasteiger partial charge on any atom is 0.309 e. The SMILES string of the molecule is COC(=O)C(C)C(C)N1CCNCC1C(N)=O. The molecule has 17 heavy (non-hydrogen) atoms. The van der Waals surface area contributed by atoms with E-state index in [2.05, 4.69) is 5.32 Å². The minimum atomic E-state index is -0.360. The molecule has 1 amide bonds. The summed E-state index contributed by atoms with van der Waals surface area (Å²) in [6.07, 6.45) is 0. The molecule has 6 heteroatoms. The number of nitrogens with two attached hydrogens (primary N) is 1. The Morgan fingerprint density at radius 3 is 2.65 bits per heavy atom. The number of carbonyl (C=O) groups is 2. The minimum absolute atomic E-state index is 0.0675. The lowest BCUT2D eigenvalue weighted by atomic mass is 9.99. The van der Waals surface area contributed by atoms with Crippen molar-refractivity contribution in [2.45, 2.75) is 25.9 Å². The fourth-order valence-electron chi connectivity index (χ4n) is 2.14. The van der Waals surface area contributed by atoms with Crippen LogP contribution in [0.3, 0.4) is 0 Å². The average molecular weight is 243 g/mol. The maximum absolute atomic E-state index is 11.5. The zero-order valence-electron chi connectivity index (χ0n) is 10.6. The number of piperazine rings is 1. The van der Waals surface area contributed by atoms with Gasteiger partial charge >= 0.3 is 5.97 Å². The van der Waals surface area contributed by atoms with Gasteiger partial charge in [0.1, 0.15) is 6.04 Å². The summed E-state index contributed by atoms with van der Waals surface area (Å²) in [5.74, 6) is -0.902. The predicted molar refractivity (Wildman–Crippen MR) is 63.2 cm³/mol. The van der Waals surface area contributed by atoms with Gasteiger partial charge < -0.3 is 15.8 Å². The smallest absolute Gasteiger partial charge is 0.309 e. The number of hydrogen-bond donors (Lipinski definition) is 2. The van der Waals surface area contributed by atoms with Crippen molar-refractivity contribution in [2.24, 2.45) is 11.7 Å². The summed E-state index contributed by atoms with van der Waals surface area (Å²) in [4.78, 5) is 24.8. The molecule has 3 unspecified atom stereocenters. The summed E-state index contributed by atoms with van der Waals surface area (Å²) in [7, 11) is 1.37. The van der Waals surface area contributed by atoms with Crippen LogP contribution >= 0.6 is 0 Å². The highest BCUT2D eigenvalue weighted by Crippen LogP contribution is 2.16. The van der Waals surface area contributed by atoms with Crippen LogP contribution in [-0.2, 0) is 14.3 Å². The molecule has 1 aliphatic rings. The van der Waals surface area contributed by atoms with Gasteiger partial charge in [0, 0.05) is 25.7 Å².